The van der Waals surface area contributed by atoms with E-state index in [4.69, 9.17) is 17.0 Å². The van der Waals surface area contributed by atoms with Gasteiger partial charge in [-0.1, -0.05) is 12.2 Å². The maximum absolute atomic E-state index is 11.9. The number of nitrogens with one attached hydrogen (secondary N) is 1. The highest BCUT2D eigenvalue weighted by molar-refractivity contribution is 7.71. The van der Waals surface area contributed by atoms with E-state index >= 15 is 0 Å². The highest BCUT2D eigenvalue weighted by atomic mass is 32.1. The molecular weight excluding hydrogens is 314 g/mol. The van der Waals surface area contributed by atoms with Gasteiger partial charge in [-0.15, -0.1) is 0 Å². The van der Waals surface area contributed by atoms with Gasteiger partial charge in [0.05, 0.1) is 24.7 Å². The summed E-state index contributed by atoms with van der Waals surface area (Å²) in [6.07, 6.45) is 9.99. The molecule has 0 fully saturated rings. The van der Waals surface area contributed by atoms with Crippen LogP contribution < -0.4 is 5.56 Å². The maximum atomic E-state index is 11.9. The molecule has 8 heteroatoms. The largest absolute Gasteiger partial charge is 0.383 e. The van der Waals surface area contributed by atoms with E-state index in [1.165, 1.54) is 0 Å². The van der Waals surface area contributed by atoms with Gasteiger partial charge in [0.1, 0.15) is 0 Å². The van der Waals surface area contributed by atoms with Gasteiger partial charge in [0, 0.05) is 31.3 Å². The molecule has 3 rings (SSSR count). The average Bonchev–Trinajstić information content (AvgIpc) is 3.08. The number of ether oxygens (including phenoxy) is 1. The molecule has 120 valence electrons. The third-order valence-electron chi connectivity index (χ3n) is 3.72. The topological polar surface area (TPSA) is 77.7 Å². The number of hydrogen-bond acceptors (Lipinski definition) is 5. The van der Waals surface area contributed by atoms with E-state index in [0.29, 0.717) is 17.9 Å². The molecule has 0 aliphatic heterocycles. The number of rotatable bonds is 5. The first-order valence-corrected chi connectivity index (χ1v) is 7.68. The Kier molecular flexibility index (Phi) is 4.63. The predicted octanol–water partition coefficient (Wildman–Crippen LogP) is 1.73. The standard InChI is InChI=1S/C15H17N5O2S/c1-22-9-8-19-13(10-14(21)18-15(19)23)11-4-2-3-5-12(11)20-16-6-7-17-20/h2-3,5-7,10-11H,4,8-9H2,1H3,(H,18,21,23)/t11-/m0/s1. The molecule has 1 atom stereocenters. The summed E-state index contributed by atoms with van der Waals surface area (Å²) in [5, 5.41) is 8.42. The molecule has 1 aliphatic rings. The van der Waals surface area contributed by atoms with Crippen molar-refractivity contribution in [3.63, 3.8) is 0 Å². The van der Waals surface area contributed by atoms with E-state index in [1.54, 1.807) is 30.4 Å². The molecule has 7 nitrogen and oxygen atoms in total. The minimum atomic E-state index is -0.207. The van der Waals surface area contributed by atoms with Crippen LogP contribution in [0.2, 0.25) is 0 Å². The molecule has 2 aromatic rings. The second-order valence-electron chi connectivity index (χ2n) is 5.13. The van der Waals surface area contributed by atoms with Crippen molar-refractivity contribution in [1.82, 2.24) is 24.5 Å². The molecule has 0 amide bonds. The van der Waals surface area contributed by atoms with Gasteiger partial charge in [-0.25, -0.2) is 0 Å². The van der Waals surface area contributed by atoms with E-state index in [0.717, 1.165) is 17.8 Å². The zero-order chi connectivity index (χ0) is 16.2. The Labute approximate surface area is 137 Å². The number of methoxy groups -OCH3 is 1. The molecular formula is C15H17N5O2S. The van der Waals surface area contributed by atoms with Crippen molar-refractivity contribution in [1.29, 1.82) is 0 Å². The summed E-state index contributed by atoms with van der Waals surface area (Å²) in [5.41, 5.74) is 1.54. The summed E-state index contributed by atoms with van der Waals surface area (Å²) in [7, 11) is 1.64. The van der Waals surface area contributed by atoms with Crippen LogP contribution in [0.1, 0.15) is 18.0 Å². The second-order valence-corrected chi connectivity index (χ2v) is 5.52. The molecule has 0 radical (unpaired) electrons. The minimum Gasteiger partial charge on any atom is -0.383 e. The highest BCUT2D eigenvalue weighted by Gasteiger charge is 2.23. The molecule has 2 aromatic heterocycles. The zero-order valence-electron chi connectivity index (χ0n) is 12.7. The third-order valence-corrected chi connectivity index (χ3v) is 4.05. The Morgan fingerprint density at radius 3 is 2.96 bits per heavy atom. The number of aromatic amines is 1. The smallest absolute Gasteiger partial charge is 0.251 e. The van der Waals surface area contributed by atoms with Crippen molar-refractivity contribution in [3.8, 4) is 0 Å². The van der Waals surface area contributed by atoms with Gasteiger partial charge in [0.2, 0.25) is 0 Å². The number of H-pyrrole nitrogens is 1. The fraction of sp³-hybridized carbons (Fsp3) is 0.333. The maximum Gasteiger partial charge on any atom is 0.251 e. The lowest BCUT2D eigenvalue weighted by Gasteiger charge is -2.24. The lowest BCUT2D eigenvalue weighted by Crippen LogP contribution is -2.23. The minimum absolute atomic E-state index is 0.0479. The van der Waals surface area contributed by atoms with Gasteiger partial charge < -0.3 is 9.30 Å². The lowest BCUT2D eigenvalue weighted by molar-refractivity contribution is 0.185. The Balaban J connectivity index is 2.09. The number of aromatic nitrogens is 5. The van der Waals surface area contributed by atoms with Crippen LogP contribution in [-0.4, -0.2) is 38.3 Å². The normalized spacial score (nSPS) is 17.3. The van der Waals surface area contributed by atoms with Crippen LogP contribution in [0, 0.1) is 4.77 Å². The summed E-state index contributed by atoms with van der Waals surface area (Å²) in [4.78, 5) is 16.2. The van der Waals surface area contributed by atoms with E-state index < -0.39 is 0 Å². The van der Waals surface area contributed by atoms with Crippen molar-refractivity contribution in [2.24, 2.45) is 0 Å². The first kappa shape index (κ1) is 15.6. The van der Waals surface area contributed by atoms with Crippen LogP contribution in [0.5, 0.6) is 0 Å². The molecule has 2 heterocycles. The van der Waals surface area contributed by atoms with Crippen LogP contribution in [0.4, 0.5) is 0 Å². The van der Waals surface area contributed by atoms with Crippen molar-refractivity contribution in [2.75, 3.05) is 13.7 Å². The highest BCUT2D eigenvalue weighted by Crippen LogP contribution is 2.32. The molecule has 1 aliphatic carbocycles. The van der Waals surface area contributed by atoms with Gasteiger partial charge >= 0.3 is 0 Å². The van der Waals surface area contributed by atoms with E-state index in [1.807, 2.05) is 16.7 Å². The Hall–Kier alpha value is -2.32. The van der Waals surface area contributed by atoms with Gasteiger partial charge in [0.15, 0.2) is 4.77 Å². The molecule has 0 saturated heterocycles. The monoisotopic (exact) mass is 331 g/mol. The summed E-state index contributed by atoms with van der Waals surface area (Å²) in [5.74, 6) is -0.0479. The third kappa shape index (κ3) is 3.22. The molecule has 1 N–H and O–H groups in total. The number of allylic oxidation sites excluding steroid dienone is 4. The van der Waals surface area contributed by atoms with Crippen LogP contribution >= 0.6 is 12.2 Å². The SMILES string of the molecule is COCCn1c([C@H]2CC=CC=C2n2nccn2)cc(=O)[nH]c1=S. The predicted molar refractivity (Wildman–Crippen MR) is 88.6 cm³/mol. The van der Waals surface area contributed by atoms with Gasteiger partial charge in [-0.05, 0) is 24.7 Å². The first-order chi connectivity index (χ1) is 11.2. The van der Waals surface area contributed by atoms with Crippen LogP contribution in [-0.2, 0) is 11.3 Å². The molecule has 0 aromatic carbocycles. The second kappa shape index (κ2) is 6.84. The van der Waals surface area contributed by atoms with Crippen molar-refractivity contribution < 1.29 is 4.74 Å². The van der Waals surface area contributed by atoms with Gasteiger partial charge in [-0.2, -0.15) is 15.0 Å². The van der Waals surface area contributed by atoms with Gasteiger partial charge in [-0.3, -0.25) is 9.78 Å². The van der Waals surface area contributed by atoms with E-state index in [2.05, 4.69) is 21.3 Å². The van der Waals surface area contributed by atoms with Crippen LogP contribution in [0.15, 0.2) is 41.5 Å². The lowest BCUT2D eigenvalue weighted by atomic mass is 9.93. The van der Waals surface area contributed by atoms with Crippen molar-refractivity contribution in [3.05, 3.63) is 57.5 Å². The molecule has 0 bridgehead atoms. The summed E-state index contributed by atoms with van der Waals surface area (Å²) in [6, 6.07) is 1.59. The number of nitrogens with zero attached hydrogens (tertiary/aromatic N) is 4. The van der Waals surface area contributed by atoms with Crippen molar-refractivity contribution >= 4 is 17.9 Å². The Bertz CT molecular complexity index is 847. The molecule has 0 spiro atoms. The quantitative estimate of drug-likeness (QED) is 0.844. The number of hydrogen-bond donors (Lipinski definition) is 1. The Morgan fingerprint density at radius 2 is 2.22 bits per heavy atom. The molecule has 23 heavy (non-hydrogen) atoms. The fourth-order valence-corrected chi connectivity index (χ4v) is 2.98. The summed E-state index contributed by atoms with van der Waals surface area (Å²) in [6.45, 7) is 1.08. The van der Waals surface area contributed by atoms with E-state index in [9.17, 15) is 4.79 Å². The van der Waals surface area contributed by atoms with Crippen LogP contribution in [0.25, 0.3) is 5.70 Å². The molecule has 0 saturated carbocycles. The molecule has 0 unspecified atom stereocenters. The average molecular weight is 331 g/mol. The summed E-state index contributed by atoms with van der Waals surface area (Å²) < 4.78 is 7.45. The first-order valence-electron chi connectivity index (χ1n) is 7.27. The zero-order valence-corrected chi connectivity index (χ0v) is 13.5. The summed E-state index contributed by atoms with van der Waals surface area (Å²) >= 11 is 5.32. The van der Waals surface area contributed by atoms with E-state index in [-0.39, 0.29) is 11.5 Å². The fourth-order valence-electron chi connectivity index (χ4n) is 2.69. The van der Waals surface area contributed by atoms with Crippen LogP contribution in [0.3, 0.4) is 0 Å². The van der Waals surface area contributed by atoms with Crippen molar-refractivity contribution in [2.45, 2.75) is 18.9 Å². The van der Waals surface area contributed by atoms with Gasteiger partial charge in [0.25, 0.3) is 5.56 Å². The Morgan fingerprint density at radius 1 is 1.43 bits per heavy atom.